The average molecular weight is 310 g/mol. The van der Waals surface area contributed by atoms with E-state index in [-0.39, 0.29) is 6.61 Å². The van der Waals surface area contributed by atoms with Gasteiger partial charge in [0, 0.05) is 5.70 Å². The molecule has 0 aliphatic carbocycles. The van der Waals surface area contributed by atoms with Crippen LogP contribution in [0.2, 0.25) is 0 Å². The van der Waals surface area contributed by atoms with Crippen molar-refractivity contribution >= 4 is 17.1 Å². The Morgan fingerprint density at radius 1 is 1.33 bits per heavy atom. The number of hydrogen-bond donors (Lipinski definition) is 2. The lowest BCUT2D eigenvalue weighted by atomic mass is 9.98. The molecule has 2 rings (SSSR count). The molecular weight excluding hydrogens is 292 g/mol. The van der Waals surface area contributed by atoms with Gasteiger partial charge in [-0.1, -0.05) is 12.1 Å². The molecule has 0 bridgehead atoms. The van der Waals surface area contributed by atoms with E-state index in [1.807, 2.05) is 12.1 Å². The maximum Gasteiger partial charge on any atom is 0.337 e. The number of allylic oxidation sites excluding steroid dienone is 1. The minimum absolute atomic E-state index is 0.286. The number of methoxy groups -OCH3 is 1. The van der Waals surface area contributed by atoms with Crippen molar-refractivity contribution in [2.45, 2.75) is 19.9 Å². The minimum Gasteiger partial charge on any atom is -0.497 e. The lowest BCUT2D eigenvalue weighted by molar-refractivity contribution is -0.139. The fourth-order valence-corrected chi connectivity index (χ4v) is 3.03. The van der Waals surface area contributed by atoms with Gasteiger partial charge in [0.1, 0.15) is 5.75 Å². The van der Waals surface area contributed by atoms with E-state index in [9.17, 15) is 9.00 Å². The van der Waals surface area contributed by atoms with Crippen molar-refractivity contribution in [2.24, 2.45) is 0 Å². The van der Waals surface area contributed by atoms with Crippen molar-refractivity contribution < 1.29 is 18.5 Å². The lowest BCUT2D eigenvalue weighted by Crippen LogP contribution is -2.41. The van der Waals surface area contributed by atoms with Crippen molar-refractivity contribution in [3.05, 3.63) is 41.1 Å². The number of benzene rings is 1. The van der Waals surface area contributed by atoms with E-state index < -0.39 is 23.2 Å². The molecule has 2 N–H and O–H groups in total. The molecule has 0 unspecified atom stereocenters. The summed E-state index contributed by atoms with van der Waals surface area (Å²) in [4.78, 5) is 12.1. The first-order valence-electron chi connectivity index (χ1n) is 6.53. The maximum absolute atomic E-state index is 12.1. The Labute approximate surface area is 126 Å². The third-order valence-electron chi connectivity index (χ3n) is 3.11. The third kappa shape index (κ3) is 3.43. The summed E-state index contributed by atoms with van der Waals surface area (Å²) in [5.41, 5.74) is 1.79. The van der Waals surface area contributed by atoms with Gasteiger partial charge in [-0.15, -0.1) is 0 Å². The number of carbonyl (C=O) groups excluding carboxylic acids is 1. The number of rotatable bonds is 4. The van der Waals surface area contributed by atoms with Gasteiger partial charge in [0.15, 0.2) is 11.2 Å². The molecule has 1 aliphatic rings. The Bertz CT molecular complexity index is 583. The van der Waals surface area contributed by atoms with Crippen LogP contribution in [0, 0.1) is 0 Å². The Morgan fingerprint density at radius 3 is 2.57 bits per heavy atom. The Balaban J connectivity index is 2.39. The first kappa shape index (κ1) is 15.5. The summed E-state index contributed by atoms with van der Waals surface area (Å²) in [6.07, 6.45) is 0. The fraction of sp³-hybridized carbons (Fsp3) is 0.357. The second-order valence-corrected chi connectivity index (χ2v) is 5.43. The molecule has 1 aliphatic heterocycles. The first-order chi connectivity index (χ1) is 10.1. The molecule has 1 aromatic carbocycles. The molecule has 6 nitrogen and oxygen atoms in total. The highest BCUT2D eigenvalue weighted by molar-refractivity contribution is 7.81. The van der Waals surface area contributed by atoms with Crippen LogP contribution in [-0.4, -0.2) is 23.9 Å². The van der Waals surface area contributed by atoms with Gasteiger partial charge in [-0.05, 0) is 31.5 Å². The van der Waals surface area contributed by atoms with E-state index in [0.717, 1.165) is 5.56 Å². The van der Waals surface area contributed by atoms with E-state index in [1.54, 1.807) is 33.1 Å². The largest absolute Gasteiger partial charge is 0.497 e. The van der Waals surface area contributed by atoms with E-state index in [1.165, 1.54) is 0 Å². The van der Waals surface area contributed by atoms with Crippen molar-refractivity contribution in [2.75, 3.05) is 13.7 Å². The molecule has 7 heteroatoms. The summed E-state index contributed by atoms with van der Waals surface area (Å²) in [6, 6.07) is 6.74. The number of esters is 1. The zero-order valence-electron chi connectivity index (χ0n) is 12.1. The normalized spacial score (nSPS) is 21.7. The molecule has 1 heterocycles. The SMILES string of the molecule is CCOC(=O)C1=C(C)N[S@@](=O)N[C@H]1c1ccc(OC)cc1. The van der Waals surface area contributed by atoms with Crippen molar-refractivity contribution in [1.82, 2.24) is 9.44 Å². The Kier molecular flexibility index (Phi) is 4.98. The quantitative estimate of drug-likeness (QED) is 0.823. The summed E-state index contributed by atoms with van der Waals surface area (Å²) in [7, 11) is 1.58. The number of ether oxygens (including phenoxy) is 2. The fourth-order valence-electron chi connectivity index (χ4n) is 2.12. The molecule has 0 radical (unpaired) electrons. The van der Waals surface area contributed by atoms with Crippen LogP contribution in [0.4, 0.5) is 0 Å². The van der Waals surface area contributed by atoms with Crippen LogP contribution in [0.25, 0.3) is 0 Å². The third-order valence-corrected chi connectivity index (χ3v) is 4.05. The van der Waals surface area contributed by atoms with Crippen molar-refractivity contribution in [3.63, 3.8) is 0 Å². The average Bonchev–Trinajstić information content (AvgIpc) is 2.46. The summed E-state index contributed by atoms with van der Waals surface area (Å²) >= 11 is -1.45. The van der Waals surface area contributed by atoms with Crippen molar-refractivity contribution in [1.29, 1.82) is 0 Å². The standard InChI is InChI=1S/C14H18N2O4S/c1-4-20-14(17)12-9(2)15-21(18)16-13(12)10-5-7-11(19-3)8-6-10/h5-8,13,15-16H,4H2,1-3H3/t13-,21+/m0/s1. The molecule has 0 saturated heterocycles. The molecule has 2 atom stereocenters. The molecule has 114 valence electrons. The maximum atomic E-state index is 12.1. The van der Waals surface area contributed by atoms with Gasteiger partial charge in [0.25, 0.3) is 0 Å². The number of hydrogen-bond acceptors (Lipinski definition) is 4. The second-order valence-electron chi connectivity index (χ2n) is 4.45. The van der Waals surface area contributed by atoms with Gasteiger partial charge in [-0.25, -0.2) is 13.7 Å². The van der Waals surface area contributed by atoms with Crippen LogP contribution >= 0.6 is 0 Å². The van der Waals surface area contributed by atoms with Gasteiger partial charge in [0.2, 0.25) is 0 Å². The minimum atomic E-state index is -1.45. The molecule has 0 amide bonds. The van der Waals surface area contributed by atoms with Gasteiger partial charge < -0.3 is 9.47 Å². The molecule has 0 spiro atoms. The van der Waals surface area contributed by atoms with Crippen LogP contribution < -0.4 is 14.2 Å². The predicted octanol–water partition coefficient (Wildman–Crippen LogP) is 1.34. The molecule has 0 fully saturated rings. The second kappa shape index (κ2) is 6.73. The lowest BCUT2D eigenvalue weighted by Gasteiger charge is -2.27. The van der Waals surface area contributed by atoms with Crippen LogP contribution in [0.5, 0.6) is 5.75 Å². The van der Waals surface area contributed by atoms with Crippen LogP contribution in [0.15, 0.2) is 35.5 Å². The van der Waals surface area contributed by atoms with Crippen LogP contribution in [-0.2, 0) is 20.7 Å². The molecule has 0 aromatic heterocycles. The topological polar surface area (TPSA) is 76.7 Å². The van der Waals surface area contributed by atoms with Gasteiger partial charge >= 0.3 is 5.97 Å². The highest BCUT2D eigenvalue weighted by Gasteiger charge is 2.31. The molecule has 21 heavy (non-hydrogen) atoms. The van der Waals surface area contributed by atoms with E-state index in [4.69, 9.17) is 9.47 Å². The molecule has 0 saturated carbocycles. The van der Waals surface area contributed by atoms with Gasteiger partial charge in [-0.2, -0.15) is 0 Å². The number of carbonyl (C=O) groups is 1. The van der Waals surface area contributed by atoms with E-state index in [2.05, 4.69) is 9.44 Å². The van der Waals surface area contributed by atoms with Crippen LogP contribution in [0.1, 0.15) is 25.5 Å². The molecular formula is C14H18N2O4S. The van der Waals surface area contributed by atoms with Gasteiger partial charge in [0.05, 0.1) is 25.3 Å². The van der Waals surface area contributed by atoms with E-state index >= 15 is 0 Å². The summed E-state index contributed by atoms with van der Waals surface area (Å²) in [6.45, 7) is 3.74. The van der Waals surface area contributed by atoms with E-state index in [0.29, 0.717) is 17.0 Å². The zero-order chi connectivity index (χ0) is 15.4. The first-order valence-corrected chi connectivity index (χ1v) is 7.68. The van der Waals surface area contributed by atoms with Crippen molar-refractivity contribution in [3.8, 4) is 5.75 Å². The zero-order valence-corrected chi connectivity index (χ0v) is 13.0. The summed E-state index contributed by atoms with van der Waals surface area (Å²) < 4.78 is 27.5. The van der Waals surface area contributed by atoms with Gasteiger partial charge in [-0.3, -0.25) is 4.72 Å². The summed E-state index contributed by atoms with van der Waals surface area (Å²) in [5, 5.41) is 0. The van der Waals surface area contributed by atoms with Crippen LogP contribution in [0.3, 0.4) is 0 Å². The highest BCUT2D eigenvalue weighted by atomic mass is 32.2. The predicted molar refractivity (Wildman–Crippen MR) is 79.5 cm³/mol. The Morgan fingerprint density at radius 2 is 2.00 bits per heavy atom. The summed E-state index contributed by atoms with van der Waals surface area (Å²) in [5.74, 6) is 0.291. The highest BCUT2D eigenvalue weighted by Crippen LogP contribution is 2.29. The number of nitrogens with one attached hydrogen (secondary N) is 2. The Hall–Kier alpha value is -1.86. The monoisotopic (exact) mass is 310 g/mol. The molecule has 1 aromatic rings. The smallest absolute Gasteiger partial charge is 0.337 e.